The Labute approximate surface area is 176 Å². The molecule has 4 rings (SSSR count). The number of rotatable bonds is 4. The highest BCUT2D eigenvalue weighted by atomic mass is 19.1. The highest BCUT2D eigenvalue weighted by molar-refractivity contribution is 5.99. The first-order valence-corrected chi connectivity index (χ1v) is 10.7. The SMILES string of the molecule is Cc1nc2c(C(=O)N[C@@H]3CCC[C@@H](C)[C@H]3C)cnn2c(C)c1Cc1ccccc1F. The van der Waals surface area contributed by atoms with Gasteiger partial charge in [-0.2, -0.15) is 5.10 Å². The van der Waals surface area contributed by atoms with Crippen LogP contribution < -0.4 is 5.32 Å². The van der Waals surface area contributed by atoms with Crippen LogP contribution in [0.2, 0.25) is 0 Å². The molecule has 1 amide bonds. The summed E-state index contributed by atoms with van der Waals surface area (Å²) in [6.07, 6.45) is 5.39. The number of fused-ring (bicyclic) bond motifs is 1. The van der Waals surface area contributed by atoms with Gasteiger partial charge in [-0.3, -0.25) is 4.79 Å². The molecule has 2 aromatic heterocycles. The van der Waals surface area contributed by atoms with E-state index in [0.717, 1.165) is 29.8 Å². The van der Waals surface area contributed by atoms with E-state index in [-0.39, 0.29) is 17.8 Å². The lowest BCUT2D eigenvalue weighted by molar-refractivity contribution is 0.0892. The fourth-order valence-electron chi connectivity index (χ4n) is 4.59. The topological polar surface area (TPSA) is 59.3 Å². The number of halogens is 1. The van der Waals surface area contributed by atoms with Crippen molar-refractivity contribution in [1.82, 2.24) is 19.9 Å². The quantitative estimate of drug-likeness (QED) is 0.685. The highest BCUT2D eigenvalue weighted by Gasteiger charge is 2.29. The molecule has 0 saturated heterocycles. The van der Waals surface area contributed by atoms with E-state index < -0.39 is 0 Å². The van der Waals surface area contributed by atoms with E-state index in [9.17, 15) is 9.18 Å². The van der Waals surface area contributed by atoms with Crippen molar-refractivity contribution in [2.24, 2.45) is 11.8 Å². The van der Waals surface area contributed by atoms with E-state index in [4.69, 9.17) is 0 Å². The van der Waals surface area contributed by atoms with Crippen molar-refractivity contribution in [2.75, 3.05) is 0 Å². The second-order valence-electron chi connectivity index (χ2n) is 8.67. The molecule has 1 saturated carbocycles. The predicted octanol–water partition coefficient (Wildman–Crippen LogP) is 4.63. The van der Waals surface area contributed by atoms with Crippen LogP contribution in [0, 0.1) is 31.5 Å². The molecular formula is C24H29FN4O. The summed E-state index contributed by atoms with van der Waals surface area (Å²) in [4.78, 5) is 17.7. The Morgan fingerprint density at radius 1 is 1.23 bits per heavy atom. The van der Waals surface area contributed by atoms with Crippen LogP contribution in [0.4, 0.5) is 4.39 Å². The van der Waals surface area contributed by atoms with Gasteiger partial charge < -0.3 is 5.32 Å². The lowest BCUT2D eigenvalue weighted by Gasteiger charge is -2.34. The van der Waals surface area contributed by atoms with Crippen molar-refractivity contribution >= 4 is 11.6 Å². The number of hydrogen-bond acceptors (Lipinski definition) is 3. The van der Waals surface area contributed by atoms with Crippen LogP contribution in [0.3, 0.4) is 0 Å². The van der Waals surface area contributed by atoms with Gasteiger partial charge in [-0.25, -0.2) is 13.9 Å². The minimum atomic E-state index is -0.229. The van der Waals surface area contributed by atoms with Crippen LogP contribution >= 0.6 is 0 Å². The molecule has 3 atom stereocenters. The summed E-state index contributed by atoms with van der Waals surface area (Å²) in [5.41, 5.74) is 4.25. The molecule has 1 fully saturated rings. The van der Waals surface area contributed by atoms with Gasteiger partial charge in [-0.1, -0.05) is 44.9 Å². The van der Waals surface area contributed by atoms with Gasteiger partial charge in [0.15, 0.2) is 5.65 Å². The molecule has 1 aliphatic carbocycles. The summed E-state index contributed by atoms with van der Waals surface area (Å²) >= 11 is 0. The summed E-state index contributed by atoms with van der Waals surface area (Å²) in [5, 5.41) is 7.64. The van der Waals surface area contributed by atoms with Crippen LogP contribution in [0.1, 0.15) is 66.0 Å². The third-order valence-corrected chi connectivity index (χ3v) is 6.80. The average molecular weight is 409 g/mol. The number of aryl methyl sites for hydroxylation is 2. The second-order valence-corrected chi connectivity index (χ2v) is 8.67. The molecule has 1 N–H and O–H groups in total. The first kappa shape index (κ1) is 20.5. The van der Waals surface area contributed by atoms with Gasteiger partial charge in [-0.15, -0.1) is 0 Å². The zero-order chi connectivity index (χ0) is 21.4. The first-order valence-electron chi connectivity index (χ1n) is 10.7. The minimum absolute atomic E-state index is 0.121. The van der Waals surface area contributed by atoms with Gasteiger partial charge in [0, 0.05) is 23.9 Å². The molecule has 6 heteroatoms. The smallest absolute Gasteiger partial charge is 0.256 e. The summed E-state index contributed by atoms with van der Waals surface area (Å²) < 4.78 is 15.8. The van der Waals surface area contributed by atoms with E-state index in [1.807, 2.05) is 19.9 Å². The zero-order valence-corrected chi connectivity index (χ0v) is 18.1. The molecule has 3 aromatic rings. The number of nitrogens with zero attached hydrogens (tertiary/aromatic N) is 3. The number of carbonyl (C=O) groups is 1. The molecule has 0 aliphatic heterocycles. The molecule has 0 unspecified atom stereocenters. The van der Waals surface area contributed by atoms with Gasteiger partial charge >= 0.3 is 0 Å². The van der Waals surface area contributed by atoms with E-state index in [1.165, 1.54) is 12.5 Å². The van der Waals surface area contributed by atoms with Gasteiger partial charge in [0.25, 0.3) is 5.91 Å². The Balaban J connectivity index is 1.64. The number of carbonyl (C=O) groups excluding carboxylic acids is 1. The third kappa shape index (κ3) is 3.71. The maximum atomic E-state index is 14.1. The molecule has 158 valence electrons. The molecule has 0 radical (unpaired) electrons. The van der Waals surface area contributed by atoms with Crippen molar-refractivity contribution in [3.8, 4) is 0 Å². The third-order valence-electron chi connectivity index (χ3n) is 6.80. The normalized spacial score (nSPS) is 21.7. The van der Waals surface area contributed by atoms with Gasteiger partial charge in [-0.05, 0) is 49.3 Å². The Hall–Kier alpha value is -2.76. The van der Waals surface area contributed by atoms with Crippen LogP contribution in [-0.2, 0) is 6.42 Å². The van der Waals surface area contributed by atoms with Crippen molar-refractivity contribution in [1.29, 1.82) is 0 Å². The summed E-state index contributed by atoms with van der Waals surface area (Å²) in [5.74, 6) is 0.710. The Morgan fingerprint density at radius 2 is 2.00 bits per heavy atom. The zero-order valence-electron chi connectivity index (χ0n) is 18.1. The van der Waals surface area contributed by atoms with E-state index in [1.54, 1.807) is 22.8 Å². The van der Waals surface area contributed by atoms with Crippen LogP contribution in [-0.4, -0.2) is 26.5 Å². The first-order chi connectivity index (χ1) is 14.4. The van der Waals surface area contributed by atoms with Crippen molar-refractivity contribution in [3.63, 3.8) is 0 Å². The minimum Gasteiger partial charge on any atom is -0.349 e. The Bertz CT molecular complexity index is 1090. The lowest BCUT2D eigenvalue weighted by Crippen LogP contribution is -2.43. The maximum absolute atomic E-state index is 14.1. The maximum Gasteiger partial charge on any atom is 0.256 e. The largest absolute Gasteiger partial charge is 0.349 e. The van der Waals surface area contributed by atoms with Crippen LogP contribution in [0.15, 0.2) is 30.5 Å². The number of amides is 1. The van der Waals surface area contributed by atoms with E-state index >= 15 is 0 Å². The van der Waals surface area contributed by atoms with Crippen molar-refractivity contribution < 1.29 is 9.18 Å². The number of benzene rings is 1. The number of nitrogens with one attached hydrogen (secondary N) is 1. The molecule has 30 heavy (non-hydrogen) atoms. The average Bonchev–Trinajstić information content (AvgIpc) is 3.14. The Kier molecular flexibility index (Phi) is 5.58. The lowest BCUT2D eigenvalue weighted by atomic mass is 9.78. The van der Waals surface area contributed by atoms with E-state index in [2.05, 4.69) is 29.2 Å². The fourth-order valence-corrected chi connectivity index (χ4v) is 4.59. The summed E-state index contributed by atoms with van der Waals surface area (Å²) in [6.45, 7) is 8.32. The van der Waals surface area contributed by atoms with Crippen LogP contribution in [0.25, 0.3) is 5.65 Å². The summed E-state index contributed by atoms with van der Waals surface area (Å²) in [6, 6.07) is 6.95. The summed E-state index contributed by atoms with van der Waals surface area (Å²) in [7, 11) is 0. The molecule has 5 nitrogen and oxygen atoms in total. The highest BCUT2D eigenvalue weighted by Crippen LogP contribution is 2.30. The Morgan fingerprint density at radius 3 is 2.77 bits per heavy atom. The number of hydrogen-bond donors (Lipinski definition) is 1. The predicted molar refractivity (Wildman–Crippen MR) is 115 cm³/mol. The molecule has 1 aromatic carbocycles. The molecule has 0 spiro atoms. The van der Waals surface area contributed by atoms with Crippen LogP contribution in [0.5, 0.6) is 0 Å². The van der Waals surface area contributed by atoms with Crippen molar-refractivity contribution in [2.45, 2.75) is 59.4 Å². The van der Waals surface area contributed by atoms with E-state index in [0.29, 0.717) is 35.0 Å². The fraction of sp³-hybridized carbons (Fsp3) is 0.458. The van der Waals surface area contributed by atoms with Crippen molar-refractivity contribution in [3.05, 3.63) is 64.4 Å². The van der Waals surface area contributed by atoms with Gasteiger partial charge in [0.1, 0.15) is 11.4 Å². The van der Waals surface area contributed by atoms with Gasteiger partial charge in [0.05, 0.1) is 6.20 Å². The molecule has 1 aliphatic rings. The molecule has 0 bridgehead atoms. The number of aromatic nitrogens is 3. The monoisotopic (exact) mass is 408 g/mol. The standard InChI is InChI=1S/C24H29FN4O/c1-14-8-7-11-22(15(14)2)28-24(30)20-13-26-29-17(4)19(16(3)27-23(20)29)12-18-9-5-6-10-21(18)25/h5-6,9-10,13-15,22H,7-8,11-12H2,1-4H3,(H,28,30)/t14-,15-,22-/m1/s1. The van der Waals surface area contributed by atoms with Gasteiger partial charge in [0.2, 0.25) is 0 Å². The molecular weight excluding hydrogens is 379 g/mol. The molecule has 2 heterocycles. The second kappa shape index (κ2) is 8.17.